The molecule has 1 rings (SSSR count). The number of nitrogens with zero attached hydrogens (tertiary/aromatic N) is 2. The zero-order chi connectivity index (χ0) is 6.15. The van der Waals surface area contributed by atoms with Crippen LogP contribution < -0.4 is 0 Å². The van der Waals surface area contributed by atoms with Crippen molar-refractivity contribution in [3.8, 4) is 0 Å². The van der Waals surface area contributed by atoms with E-state index in [1.54, 1.807) is 7.11 Å². The van der Waals surface area contributed by atoms with Crippen LogP contribution in [0.3, 0.4) is 0 Å². The first-order chi connectivity index (χ1) is 3.75. The van der Waals surface area contributed by atoms with Crippen LogP contribution in [0, 0.1) is 0 Å². The van der Waals surface area contributed by atoms with Gasteiger partial charge in [-0.3, -0.25) is 9.13 Å². The molecule has 1 aliphatic rings. The van der Waals surface area contributed by atoms with Crippen molar-refractivity contribution in [2.75, 3.05) is 21.2 Å². The van der Waals surface area contributed by atoms with Crippen molar-refractivity contribution in [1.29, 1.82) is 0 Å². The van der Waals surface area contributed by atoms with Gasteiger partial charge in [0.1, 0.15) is 0 Å². The minimum atomic E-state index is -0.0631. The van der Waals surface area contributed by atoms with Crippen molar-refractivity contribution in [3.63, 3.8) is 0 Å². The van der Waals surface area contributed by atoms with Crippen molar-refractivity contribution < 1.29 is 4.74 Å². The lowest BCUT2D eigenvalue weighted by Crippen LogP contribution is -2.63. The van der Waals surface area contributed by atoms with Crippen LogP contribution >= 0.6 is 0 Å². The van der Waals surface area contributed by atoms with E-state index in [-0.39, 0.29) is 16.2 Å². The van der Waals surface area contributed by atoms with Crippen LogP contribution in [0.5, 0.6) is 0 Å². The molecule has 0 aromatic heterocycles. The minimum Gasteiger partial charge on any atom is -0.354 e. The summed E-state index contributed by atoms with van der Waals surface area (Å²) in [6.07, 6.45) is 0.279. The molecule has 0 aromatic rings. The first-order valence-electron chi connectivity index (χ1n) is 2.69. The molecular weight excluding hydrogens is 120 g/mol. The van der Waals surface area contributed by atoms with Crippen molar-refractivity contribution in [3.05, 3.63) is 0 Å². The van der Waals surface area contributed by atoms with Crippen LogP contribution in [0.15, 0.2) is 0 Å². The van der Waals surface area contributed by atoms with Crippen LogP contribution in [-0.2, 0) is 4.74 Å². The fraction of sp³-hybridized carbons (Fsp3) is 1.00. The maximum Gasteiger partial charge on any atom is 0.178 e. The Balaban J connectivity index is 2.29. The lowest BCUT2D eigenvalue weighted by atomic mass is 10.9. The summed E-state index contributed by atoms with van der Waals surface area (Å²) in [5.41, 5.74) is 0. The van der Waals surface area contributed by atoms with Crippen molar-refractivity contribution in [1.82, 2.24) is 9.13 Å². The van der Waals surface area contributed by atoms with Gasteiger partial charge in [0, 0.05) is 7.11 Å². The van der Waals surface area contributed by atoms with E-state index in [0.29, 0.717) is 0 Å². The van der Waals surface area contributed by atoms with Gasteiger partial charge in [0.2, 0.25) is 0 Å². The number of hydrogen-bond acceptors (Lipinski definition) is 3. The summed E-state index contributed by atoms with van der Waals surface area (Å²) in [5, 5.41) is 0. The highest BCUT2D eigenvalue weighted by atomic mass is 28.2. The molecule has 4 heteroatoms. The number of rotatable bonds is 1. The van der Waals surface area contributed by atoms with E-state index in [2.05, 4.69) is 23.2 Å². The Bertz CT molecular complexity index is 82.1. The molecule has 0 atom stereocenters. The molecule has 0 amide bonds. The standard InChI is InChI=1S/C4H12N2OSi/c1-5-4(7-3)6(2)8-5/h4H,8H2,1-3H3. The summed E-state index contributed by atoms with van der Waals surface area (Å²) in [5.74, 6) is 0. The predicted octanol–water partition coefficient (Wildman–Crippen LogP) is -1.21. The summed E-state index contributed by atoms with van der Waals surface area (Å²) < 4.78 is 9.62. The first kappa shape index (κ1) is 6.22. The molecule has 3 nitrogen and oxygen atoms in total. The lowest BCUT2D eigenvalue weighted by molar-refractivity contribution is -0.0920. The third kappa shape index (κ3) is 0.797. The molecule has 1 aliphatic heterocycles. The molecule has 1 heterocycles. The summed E-state index contributed by atoms with van der Waals surface area (Å²) in [4.78, 5) is 0. The highest BCUT2D eigenvalue weighted by Crippen LogP contribution is 2.09. The Kier molecular flexibility index (Phi) is 1.67. The topological polar surface area (TPSA) is 15.7 Å². The summed E-state index contributed by atoms with van der Waals surface area (Å²) >= 11 is 0. The van der Waals surface area contributed by atoms with Gasteiger partial charge in [-0.15, -0.1) is 0 Å². The van der Waals surface area contributed by atoms with E-state index < -0.39 is 0 Å². The Morgan fingerprint density at radius 1 is 1.38 bits per heavy atom. The molecule has 0 spiro atoms. The maximum absolute atomic E-state index is 5.10. The van der Waals surface area contributed by atoms with E-state index in [9.17, 15) is 0 Å². The van der Waals surface area contributed by atoms with Gasteiger partial charge in [-0.2, -0.15) is 0 Å². The molecular formula is C4H12N2OSi. The molecule has 0 N–H and O–H groups in total. The lowest BCUT2D eigenvalue weighted by Gasteiger charge is -2.45. The van der Waals surface area contributed by atoms with E-state index in [1.807, 2.05) is 0 Å². The molecule has 0 aliphatic carbocycles. The molecule has 1 saturated heterocycles. The van der Waals surface area contributed by atoms with Gasteiger partial charge in [-0.05, 0) is 14.1 Å². The Labute approximate surface area is 52.2 Å². The number of hydrogen-bond donors (Lipinski definition) is 0. The van der Waals surface area contributed by atoms with Gasteiger partial charge in [0.15, 0.2) is 16.2 Å². The van der Waals surface area contributed by atoms with Gasteiger partial charge < -0.3 is 4.74 Å². The van der Waals surface area contributed by atoms with E-state index in [4.69, 9.17) is 4.74 Å². The molecule has 0 bridgehead atoms. The largest absolute Gasteiger partial charge is 0.354 e. The average molecular weight is 132 g/mol. The predicted molar refractivity (Wildman–Crippen MR) is 34.9 cm³/mol. The van der Waals surface area contributed by atoms with Crippen molar-refractivity contribution in [2.24, 2.45) is 0 Å². The fourth-order valence-electron chi connectivity index (χ4n) is 1.09. The Hall–Kier alpha value is 0.0969. The monoisotopic (exact) mass is 132 g/mol. The summed E-state index contributed by atoms with van der Waals surface area (Å²) in [7, 11) is 5.87. The molecule has 1 fully saturated rings. The normalized spacial score (nSPS) is 35.6. The fourth-order valence-corrected chi connectivity index (χ4v) is 2.62. The van der Waals surface area contributed by atoms with E-state index >= 15 is 0 Å². The second-order valence-corrected chi connectivity index (χ2v) is 4.50. The highest BCUT2D eigenvalue weighted by molar-refractivity contribution is 6.31. The molecule has 0 unspecified atom stereocenters. The van der Waals surface area contributed by atoms with Gasteiger partial charge in [-0.1, -0.05) is 0 Å². The maximum atomic E-state index is 5.10. The third-order valence-electron chi connectivity index (χ3n) is 1.41. The Morgan fingerprint density at radius 3 is 2.00 bits per heavy atom. The zero-order valence-corrected chi connectivity index (χ0v) is 7.00. The molecule has 48 valence electrons. The second-order valence-electron chi connectivity index (χ2n) is 2.22. The quantitative estimate of drug-likeness (QED) is 0.416. The Morgan fingerprint density at radius 2 is 1.88 bits per heavy atom. The average Bonchev–Trinajstić information content (AvgIpc) is 1.67. The summed E-state index contributed by atoms with van der Waals surface area (Å²) in [6, 6.07) is 0. The van der Waals surface area contributed by atoms with Crippen LogP contribution in [0.4, 0.5) is 0 Å². The van der Waals surface area contributed by atoms with Gasteiger partial charge in [0.25, 0.3) is 0 Å². The zero-order valence-electron chi connectivity index (χ0n) is 5.59. The number of methoxy groups -OCH3 is 1. The molecule has 8 heavy (non-hydrogen) atoms. The highest BCUT2D eigenvalue weighted by Gasteiger charge is 2.29. The van der Waals surface area contributed by atoms with Gasteiger partial charge >= 0.3 is 0 Å². The van der Waals surface area contributed by atoms with E-state index in [1.165, 1.54) is 0 Å². The first-order valence-corrected chi connectivity index (χ1v) is 3.95. The molecule has 0 saturated carbocycles. The van der Waals surface area contributed by atoms with Crippen molar-refractivity contribution in [2.45, 2.75) is 6.35 Å². The minimum absolute atomic E-state index is 0.0631. The van der Waals surface area contributed by atoms with Gasteiger partial charge in [0.05, 0.1) is 0 Å². The van der Waals surface area contributed by atoms with Crippen LogP contribution in [0.25, 0.3) is 0 Å². The number of ether oxygens (including phenoxy) is 1. The molecule has 0 aromatic carbocycles. The smallest absolute Gasteiger partial charge is 0.178 e. The van der Waals surface area contributed by atoms with Crippen LogP contribution in [-0.4, -0.2) is 46.5 Å². The van der Waals surface area contributed by atoms with Gasteiger partial charge in [-0.25, -0.2) is 0 Å². The SMILES string of the molecule is COC1N(C)[SiH2]N1C. The second kappa shape index (κ2) is 2.14. The van der Waals surface area contributed by atoms with Crippen LogP contribution in [0.1, 0.15) is 0 Å². The summed E-state index contributed by atoms with van der Waals surface area (Å²) in [6.45, 7) is 0. The van der Waals surface area contributed by atoms with Crippen LogP contribution in [0.2, 0.25) is 0 Å². The molecule has 0 radical (unpaired) electrons. The van der Waals surface area contributed by atoms with Crippen molar-refractivity contribution >= 4 is 9.84 Å². The third-order valence-corrected chi connectivity index (χ3v) is 2.93. The van der Waals surface area contributed by atoms with E-state index in [0.717, 1.165) is 0 Å².